The van der Waals surface area contributed by atoms with Crippen LogP contribution in [0.4, 0.5) is 0 Å². The van der Waals surface area contributed by atoms with Crippen LogP contribution in [0, 0.1) is 0 Å². The number of halogens is 1. The Kier molecular flexibility index (Phi) is 5.51. The molecule has 1 rings (SSSR count). The molecule has 2 nitrogen and oxygen atoms in total. The van der Waals surface area contributed by atoms with Crippen LogP contribution in [0.1, 0.15) is 33.3 Å². The summed E-state index contributed by atoms with van der Waals surface area (Å²) < 4.78 is 15.9. The Hall–Kier alpha value is -0.0300. The highest BCUT2D eigenvalue weighted by molar-refractivity contribution is 9.10. The highest BCUT2D eigenvalue weighted by atomic mass is 79.9. The Morgan fingerprint density at radius 1 is 1.41 bits per heavy atom. The fourth-order valence-corrected chi connectivity index (χ4v) is 2.67. The number of nitrogens with one attached hydrogen (secondary N) is 1. The fraction of sp³-hybridized carbons (Fsp3) is 0.538. The Morgan fingerprint density at radius 3 is 2.59 bits per heavy atom. The van der Waals surface area contributed by atoms with Crippen LogP contribution in [0.5, 0.6) is 0 Å². The lowest BCUT2D eigenvalue weighted by molar-refractivity contribution is 0.526. The van der Waals surface area contributed by atoms with Crippen molar-refractivity contribution in [3.63, 3.8) is 0 Å². The molecule has 1 unspecified atom stereocenters. The molecule has 0 spiro atoms. The first-order chi connectivity index (χ1) is 7.79. The summed E-state index contributed by atoms with van der Waals surface area (Å²) >= 11 is 2.45. The molecule has 17 heavy (non-hydrogen) atoms. The van der Waals surface area contributed by atoms with E-state index in [9.17, 15) is 4.55 Å². The minimum atomic E-state index is -1.01. The summed E-state index contributed by atoms with van der Waals surface area (Å²) in [4.78, 5) is 0. The molecule has 1 N–H and O–H groups in total. The molecular weight excluding hydrogens is 298 g/mol. The minimum absolute atomic E-state index is 0.198. The molecule has 2 atom stereocenters. The molecule has 0 radical (unpaired) electrons. The first-order valence-corrected chi connectivity index (χ1v) is 7.66. The summed E-state index contributed by atoms with van der Waals surface area (Å²) in [6, 6.07) is 8.41. The van der Waals surface area contributed by atoms with Crippen LogP contribution in [0.2, 0.25) is 0 Å². The second-order valence-electron chi connectivity index (χ2n) is 5.23. The molecular formula is C13H20BrNOS. The van der Waals surface area contributed by atoms with E-state index >= 15 is 0 Å². The molecule has 1 aromatic carbocycles. The van der Waals surface area contributed by atoms with Crippen LogP contribution in [0.3, 0.4) is 0 Å². The second kappa shape index (κ2) is 6.23. The van der Waals surface area contributed by atoms with Crippen molar-refractivity contribution in [1.29, 1.82) is 0 Å². The summed E-state index contributed by atoms with van der Waals surface area (Å²) in [5.41, 5.74) is 1.24. The van der Waals surface area contributed by atoms with Crippen molar-refractivity contribution in [1.82, 2.24) is 4.72 Å². The standard InChI is InChI=1S/C13H20BrNOS/c1-10(15-17(16)13(2,3)4)8-11-6-5-7-12(14)9-11/h5-7,9-10,15H,8H2,1-4H3/t10-,17?/m1/s1. The van der Waals surface area contributed by atoms with Crippen LogP contribution in [-0.2, 0) is 17.8 Å². The summed E-state index contributed by atoms with van der Waals surface area (Å²) in [7, 11) is 0. The molecule has 4 heteroatoms. The third kappa shape index (κ3) is 5.42. The van der Waals surface area contributed by atoms with Crippen molar-refractivity contribution in [2.24, 2.45) is 0 Å². The Labute approximate surface area is 116 Å². The van der Waals surface area contributed by atoms with Gasteiger partial charge in [-0.2, -0.15) is 0 Å². The fourth-order valence-electron chi connectivity index (χ4n) is 1.42. The van der Waals surface area contributed by atoms with Crippen molar-refractivity contribution in [3.8, 4) is 0 Å². The predicted octanol–water partition coefficient (Wildman–Crippen LogP) is 3.43. The molecule has 0 aliphatic rings. The second-order valence-corrected chi connectivity index (χ2v) is 8.15. The van der Waals surface area contributed by atoms with Gasteiger partial charge in [-0.25, -0.2) is 0 Å². The predicted molar refractivity (Wildman–Crippen MR) is 78.3 cm³/mol. The largest absolute Gasteiger partial charge is 0.598 e. The lowest BCUT2D eigenvalue weighted by Gasteiger charge is -2.26. The van der Waals surface area contributed by atoms with Gasteiger partial charge in [0.25, 0.3) is 0 Å². The summed E-state index contributed by atoms with van der Waals surface area (Å²) in [5.74, 6) is 0. The van der Waals surface area contributed by atoms with Gasteiger partial charge in [-0.05, 0) is 51.8 Å². The quantitative estimate of drug-likeness (QED) is 0.863. The zero-order valence-corrected chi connectivity index (χ0v) is 13.2. The smallest absolute Gasteiger partial charge is 0.136 e. The molecule has 0 amide bonds. The highest BCUT2D eigenvalue weighted by Crippen LogP contribution is 2.16. The van der Waals surface area contributed by atoms with Crippen molar-refractivity contribution >= 4 is 27.3 Å². The molecule has 0 aliphatic heterocycles. The lowest BCUT2D eigenvalue weighted by atomic mass is 10.1. The van der Waals surface area contributed by atoms with Gasteiger partial charge >= 0.3 is 0 Å². The normalized spacial score (nSPS) is 15.6. The molecule has 96 valence electrons. The van der Waals surface area contributed by atoms with Crippen LogP contribution in [0.25, 0.3) is 0 Å². The summed E-state index contributed by atoms with van der Waals surface area (Å²) in [5, 5.41) is 0. The van der Waals surface area contributed by atoms with Gasteiger partial charge in [0.15, 0.2) is 0 Å². The van der Waals surface area contributed by atoms with E-state index in [2.05, 4.69) is 39.7 Å². The maximum absolute atomic E-state index is 11.9. The van der Waals surface area contributed by atoms with E-state index in [0.29, 0.717) is 0 Å². The third-order valence-corrected chi connectivity index (χ3v) is 4.52. The monoisotopic (exact) mass is 317 g/mol. The number of hydrogen-bond donors (Lipinski definition) is 1. The first kappa shape index (κ1) is 15.0. The zero-order valence-electron chi connectivity index (χ0n) is 10.8. The Morgan fingerprint density at radius 2 is 2.06 bits per heavy atom. The van der Waals surface area contributed by atoms with Gasteiger partial charge in [0, 0.05) is 15.8 Å². The van der Waals surface area contributed by atoms with E-state index in [4.69, 9.17) is 0 Å². The van der Waals surface area contributed by atoms with Gasteiger partial charge in [0.05, 0.1) is 6.04 Å². The molecule has 1 aromatic rings. The van der Waals surface area contributed by atoms with Crippen LogP contribution < -0.4 is 4.72 Å². The van der Waals surface area contributed by atoms with Crippen molar-refractivity contribution in [2.45, 2.75) is 44.9 Å². The molecule has 0 bridgehead atoms. The van der Waals surface area contributed by atoms with Gasteiger partial charge in [-0.15, -0.1) is 4.72 Å². The van der Waals surface area contributed by atoms with Crippen LogP contribution in [-0.4, -0.2) is 15.3 Å². The van der Waals surface area contributed by atoms with Gasteiger partial charge in [-0.3, -0.25) is 0 Å². The van der Waals surface area contributed by atoms with Gasteiger partial charge < -0.3 is 4.55 Å². The molecule has 0 heterocycles. The number of rotatable bonds is 4. The van der Waals surface area contributed by atoms with E-state index in [-0.39, 0.29) is 10.8 Å². The van der Waals surface area contributed by atoms with E-state index in [1.807, 2.05) is 32.9 Å². The minimum Gasteiger partial charge on any atom is -0.598 e. The molecule has 0 aromatic heterocycles. The maximum Gasteiger partial charge on any atom is 0.136 e. The van der Waals surface area contributed by atoms with E-state index < -0.39 is 11.4 Å². The molecule has 0 fully saturated rings. The lowest BCUT2D eigenvalue weighted by Crippen LogP contribution is -2.44. The van der Waals surface area contributed by atoms with Crippen molar-refractivity contribution < 1.29 is 4.55 Å². The van der Waals surface area contributed by atoms with Crippen molar-refractivity contribution in [3.05, 3.63) is 34.3 Å². The molecule has 0 saturated heterocycles. The van der Waals surface area contributed by atoms with Gasteiger partial charge in [0.2, 0.25) is 0 Å². The van der Waals surface area contributed by atoms with Crippen LogP contribution >= 0.6 is 15.9 Å². The third-order valence-electron chi connectivity index (χ3n) is 2.30. The Bertz CT molecular complexity index is 365. The number of benzene rings is 1. The molecule has 0 saturated carbocycles. The summed E-state index contributed by atoms with van der Waals surface area (Å²) in [6.45, 7) is 7.98. The highest BCUT2D eigenvalue weighted by Gasteiger charge is 2.27. The Balaban J connectivity index is 2.53. The topological polar surface area (TPSA) is 35.1 Å². The van der Waals surface area contributed by atoms with Gasteiger partial charge in [0.1, 0.15) is 4.75 Å². The van der Waals surface area contributed by atoms with Crippen molar-refractivity contribution in [2.75, 3.05) is 0 Å². The van der Waals surface area contributed by atoms with Crippen LogP contribution in [0.15, 0.2) is 28.7 Å². The average Bonchev–Trinajstić information content (AvgIpc) is 2.15. The summed E-state index contributed by atoms with van der Waals surface area (Å²) in [6.07, 6.45) is 0.876. The SMILES string of the molecule is C[C@H](Cc1cccc(Br)c1)N[S+]([O-])C(C)(C)C. The molecule has 0 aliphatic carbocycles. The van der Waals surface area contributed by atoms with E-state index in [1.165, 1.54) is 5.56 Å². The first-order valence-electron chi connectivity index (χ1n) is 5.71. The number of hydrogen-bond acceptors (Lipinski definition) is 2. The maximum atomic E-state index is 11.9. The van der Waals surface area contributed by atoms with E-state index in [1.54, 1.807) is 0 Å². The van der Waals surface area contributed by atoms with Gasteiger partial charge in [-0.1, -0.05) is 28.1 Å². The average molecular weight is 318 g/mol. The zero-order chi connectivity index (χ0) is 13.1. The van der Waals surface area contributed by atoms with E-state index in [0.717, 1.165) is 10.9 Å².